The molecule has 0 fully saturated rings. The molecular formula is C32H27N3O4. The van der Waals surface area contributed by atoms with E-state index in [1.165, 1.54) is 6.92 Å². The van der Waals surface area contributed by atoms with Crippen LogP contribution < -0.4 is 10.6 Å². The Morgan fingerprint density at radius 2 is 0.974 bits per heavy atom. The van der Waals surface area contributed by atoms with Crippen LogP contribution >= 0.6 is 0 Å². The number of hydrogen-bond donors (Lipinski definition) is 2. The Morgan fingerprint density at radius 1 is 0.564 bits per heavy atom. The van der Waals surface area contributed by atoms with Crippen LogP contribution in [0.25, 0.3) is 0 Å². The maximum Gasteiger partial charge on any atom is 0.262 e. The lowest BCUT2D eigenvalue weighted by Crippen LogP contribution is -2.51. The molecule has 39 heavy (non-hydrogen) atoms. The van der Waals surface area contributed by atoms with Gasteiger partial charge in [0.2, 0.25) is 11.8 Å². The molecule has 7 nitrogen and oxygen atoms in total. The molecular weight excluding hydrogens is 490 g/mol. The van der Waals surface area contributed by atoms with E-state index in [-0.39, 0.29) is 11.1 Å². The van der Waals surface area contributed by atoms with Crippen LogP contribution in [-0.4, -0.2) is 34.6 Å². The molecule has 194 valence electrons. The molecule has 0 aliphatic carbocycles. The Bertz CT molecular complexity index is 1430. The van der Waals surface area contributed by atoms with Crippen LogP contribution in [0.4, 0.5) is 0 Å². The smallest absolute Gasteiger partial charge is 0.262 e. The number of nitrogens with zero attached hydrogens (tertiary/aromatic N) is 1. The number of benzene rings is 4. The highest BCUT2D eigenvalue weighted by molar-refractivity contribution is 6.22. The maximum absolute atomic E-state index is 13.8. The highest BCUT2D eigenvalue weighted by Crippen LogP contribution is 2.26. The SMILES string of the molecule is C[C@H](C(=O)N[C@H](C(=O)NC(c1ccccc1)c1ccccc1)c1ccccc1)N1C(=O)c2ccccc2C1=O. The third kappa shape index (κ3) is 5.20. The van der Waals surface area contributed by atoms with Crippen molar-refractivity contribution in [1.82, 2.24) is 15.5 Å². The highest BCUT2D eigenvalue weighted by atomic mass is 16.2. The zero-order chi connectivity index (χ0) is 27.4. The number of nitrogens with one attached hydrogen (secondary N) is 2. The molecule has 0 bridgehead atoms. The van der Waals surface area contributed by atoms with Crippen molar-refractivity contribution in [3.63, 3.8) is 0 Å². The van der Waals surface area contributed by atoms with E-state index in [0.717, 1.165) is 16.0 Å². The Hall–Kier alpha value is -5.04. The topological polar surface area (TPSA) is 95.6 Å². The van der Waals surface area contributed by atoms with Gasteiger partial charge in [-0.1, -0.05) is 103 Å². The summed E-state index contributed by atoms with van der Waals surface area (Å²) < 4.78 is 0. The number of fused-ring (bicyclic) bond motifs is 1. The van der Waals surface area contributed by atoms with E-state index in [2.05, 4.69) is 10.6 Å². The predicted octanol–water partition coefficient (Wildman–Crippen LogP) is 4.43. The molecule has 2 atom stereocenters. The zero-order valence-electron chi connectivity index (χ0n) is 21.3. The van der Waals surface area contributed by atoms with Crippen LogP contribution in [0.15, 0.2) is 115 Å². The quantitative estimate of drug-likeness (QED) is 0.338. The first-order valence-electron chi connectivity index (χ1n) is 12.7. The standard InChI is InChI=1S/C32H27N3O4/c1-21(35-31(38)25-19-11-12-20-26(25)32(35)39)29(36)34-28(24-17-9-4-10-18-24)30(37)33-27(22-13-5-2-6-14-22)23-15-7-3-8-16-23/h2-21,27-28H,1H3,(H,33,37)(H,34,36)/t21-,28+/m1/s1. The highest BCUT2D eigenvalue weighted by Gasteiger charge is 2.41. The summed E-state index contributed by atoms with van der Waals surface area (Å²) in [6, 6.07) is 31.8. The third-order valence-electron chi connectivity index (χ3n) is 6.83. The fourth-order valence-corrected chi connectivity index (χ4v) is 4.76. The van der Waals surface area contributed by atoms with Gasteiger partial charge in [0.25, 0.3) is 11.8 Å². The molecule has 0 saturated carbocycles. The number of hydrogen-bond acceptors (Lipinski definition) is 4. The number of imide groups is 1. The van der Waals surface area contributed by atoms with E-state index in [1.54, 1.807) is 48.5 Å². The van der Waals surface area contributed by atoms with Gasteiger partial charge in [0.05, 0.1) is 17.2 Å². The first-order valence-corrected chi connectivity index (χ1v) is 12.7. The van der Waals surface area contributed by atoms with Gasteiger partial charge in [0.1, 0.15) is 12.1 Å². The van der Waals surface area contributed by atoms with Gasteiger partial charge in [-0.3, -0.25) is 24.1 Å². The average Bonchev–Trinajstić information content (AvgIpc) is 3.24. The molecule has 1 heterocycles. The second-order valence-electron chi connectivity index (χ2n) is 9.32. The molecule has 7 heteroatoms. The van der Waals surface area contributed by atoms with E-state index in [0.29, 0.717) is 5.56 Å². The summed E-state index contributed by atoms with van der Waals surface area (Å²) >= 11 is 0. The summed E-state index contributed by atoms with van der Waals surface area (Å²) in [5, 5.41) is 5.88. The fourth-order valence-electron chi connectivity index (χ4n) is 4.76. The molecule has 0 saturated heterocycles. The summed E-state index contributed by atoms with van der Waals surface area (Å²) in [7, 11) is 0. The average molecular weight is 518 g/mol. The van der Waals surface area contributed by atoms with E-state index in [9.17, 15) is 19.2 Å². The molecule has 1 aliphatic heterocycles. The minimum Gasteiger partial charge on any atom is -0.343 e. The molecule has 1 aliphatic rings. The van der Waals surface area contributed by atoms with Crippen LogP contribution in [0.3, 0.4) is 0 Å². The number of carbonyl (C=O) groups is 4. The van der Waals surface area contributed by atoms with Crippen molar-refractivity contribution < 1.29 is 19.2 Å². The molecule has 0 unspecified atom stereocenters. The lowest BCUT2D eigenvalue weighted by molar-refractivity contribution is -0.131. The number of rotatable bonds is 8. The van der Waals surface area contributed by atoms with Crippen molar-refractivity contribution in [2.24, 2.45) is 0 Å². The van der Waals surface area contributed by atoms with Crippen molar-refractivity contribution in [2.75, 3.05) is 0 Å². The van der Waals surface area contributed by atoms with Gasteiger partial charge < -0.3 is 10.6 Å². The van der Waals surface area contributed by atoms with Crippen molar-refractivity contribution >= 4 is 23.6 Å². The Kier molecular flexibility index (Phi) is 7.32. The second kappa shape index (κ2) is 11.1. The first-order chi connectivity index (χ1) is 19.0. The maximum atomic E-state index is 13.8. The Morgan fingerprint density at radius 3 is 1.44 bits per heavy atom. The molecule has 4 aromatic carbocycles. The lowest BCUT2D eigenvalue weighted by Gasteiger charge is -2.27. The van der Waals surface area contributed by atoms with Crippen molar-refractivity contribution in [3.05, 3.63) is 143 Å². The van der Waals surface area contributed by atoms with Gasteiger partial charge >= 0.3 is 0 Å². The van der Waals surface area contributed by atoms with Gasteiger partial charge in [0.15, 0.2) is 0 Å². The van der Waals surface area contributed by atoms with Crippen LogP contribution in [0.5, 0.6) is 0 Å². The largest absolute Gasteiger partial charge is 0.343 e. The van der Waals surface area contributed by atoms with Crippen LogP contribution in [0.1, 0.15) is 56.4 Å². The molecule has 0 spiro atoms. The van der Waals surface area contributed by atoms with Gasteiger partial charge in [-0.15, -0.1) is 0 Å². The molecule has 2 N–H and O–H groups in total. The molecule has 4 aromatic rings. The normalized spacial score (nSPS) is 14.1. The molecule has 0 radical (unpaired) electrons. The summed E-state index contributed by atoms with van der Waals surface area (Å²) in [4.78, 5) is 54.1. The Balaban J connectivity index is 1.41. The number of carbonyl (C=O) groups excluding carboxylic acids is 4. The molecule has 0 aromatic heterocycles. The van der Waals surface area contributed by atoms with E-state index in [1.807, 2.05) is 66.7 Å². The van der Waals surface area contributed by atoms with Crippen LogP contribution in [0, 0.1) is 0 Å². The van der Waals surface area contributed by atoms with E-state index >= 15 is 0 Å². The van der Waals surface area contributed by atoms with Gasteiger partial charge in [-0.25, -0.2) is 0 Å². The van der Waals surface area contributed by atoms with Crippen molar-refractivity contribution in [1.29, 1.82) is 0 Å². The minimum absolute atomic E-state index is 0.257. The lowest BCUT2D eigenvalue weighted by atomic mass is 9.97. The summed E-state index contributed by atoms with van der Waals surface area (Å²) in [6.07, 6.45) is 0. The summed E-state index contributed by atoms with van der Waals surface area (Å²) in [5.41, 5.74) is 2.85. The first kappa shape index (κ1) is 25.6. The van der Waals surface area contributed by atoms with Crippen LogP contribution in [0.2, 0.25) is 0 Å². The predicted molar refractivity (Wildman–Crippen MR) is 147 cm³/mol. The fraction of sp³-hybridized carbons (Fsp3) is 0.125. The van der Waals surface area contributed by atoms with Crippen molar-refractivity contribution in [2.45, 2.75) is 25.0 Å². The third-order valence-corrected chi connectivity index (χ3v) is 6.83. The van der Waals surface area contributed by atoms with Gasteiger partial charge in [0, 0.05) is 0 Å². The van der Waals surface area contributed by atoms with Crippen molar-refractivity contribution in [3.8, 4) is 0 Å². The van der Waals surface area contributed by atoms with E-state index < -0.39 is 41.8 Å². The molecule has 4 amide bonds. The summed E-state index contributed by atoms with van der Waals surface area (Å²) in [5.74, 6) is -2.12. The van der Waals surface area contributed by atoms with Crippen LogP contribution in [-0.2, 0) is 9.59 Å². The monoisotopic (exact) mass is 517 g/mol. The van der Waals surface area contributed by atoms with Gasteiger partial charge in [-0.2, -0.15) is 0 Å². The number of amides is 4. The summed E-state index contributed by atoms with van der Waals surface area (Å²) in [6.45, 7) is 1.48. The minimum atomic E-state index is -1.13. The second-order valence-corrected chi connectivity index (χ2v) is 9.32. The van der Waals surface area contributed by atoms with Gasteiger partial charge in [-0.05, 0) is 35.7 Å². The Labute approximate surface area is 226 Å². The molecule has 5 rings (SSSR count). The zero-order valence-corrected chi connectivity index (χ0v) is 21.3. The van der Waals surface area contributed by atoms with E-state index in [4.69, 9.17) is 0 Å².